The van der Waals surface area contributed by atoms with Crippen LogP contribution in [0.2, 0.25) is 0 Å². The van der Waals surface area contributed by atoms with Gasteiger partial charge in [-0.05, 0) is 30.8 Å². The minimum absolute atomic E-state index is 0.769. The Labute approximate surface area is 116 Å². The molecule has 0 rings (SSSR count). The van der Waals surface area contributed by atoms with E-state index in [-0.39, 0.29) is 0 Å². The first-order chi connectivity index (χ1) is 8.79. The van der Waals surface area contributed by atoms with Crippen LogP contribution in [0.25, 0.3) is 0 Å². The van der Waals surface area contributed by atoms with E-state index in [2.05, 4.69) is 33.1 Å². The lowest BCUT2D eigenvalue weighted by molar-refractivity contribution is 0.447. The molecule has 0 bridgehead atoms. The van der Waals surface area contributed by atoms with Crippen molar-refractivity contribution in [3.8, 4) is 0 Å². The largest absolute Gasteiger partial charge is 0.129 e. The average Bonchev–Trinajstić information content (AvgIpc) is 2.39. The summed E-state index contributed by atoms with van der Waals surface area (Å²) in [6.45, 7) is 10.7. The van der Waals surface area contributed by atoms with E-state index in [0.29, 0.717) is 0 Å². The molecule has 106 valence electrons. The molecular weight excluding hydrogens is 216 g/mol. The van der Waals surface area contributed by atoms with Crippen LogP contribution in [-0.4, -0.2) is 0 Å². The number of allylic oxidation sites excluding steroid dienone is 1. The van der Waals surface area contributed by atoms with Crippen molar-refractivity contribution in [2.24, 2.45) is 5.92 Å². The molecule has 1 atom stereocenters. The second-order valence-electron chi connectivity index (χ2n) is 5.49. The molecule has 0 N–H and O–H groups in total. The molecule has 0 aliphatic rings. The van der Waals surface area contributed by atoms with E-state index in [0.717, 1.165) is 5.92 Å². The van der Waals surface area contributed by atoms with Crippen molar-refractivity contribution >= 4 is 0 Å². The summed E-state index contributed by atoms with van der Waals surface area (Å²) in [5.74, 6) is 0.769. The molecule has 0 saturated carbocycles. The molecule has 0 spiro atoms. The first kappa shape index (κ1) is 17.5. The molecule has 0 saturated heterocycles. The van der Waals surface area contributed by atoms with Gasteiger partial charge >= 0.3 is 0 Å². The Kier molecular flexibility index (Phi) is 12.6. The van der Waals surface area contributed by atoms with Crippen molar-refractivity contribution in [1.82, 2.24) is 0 Å². The van der Waals surface area contributed by atoms with E-state index in [1.54, 1.807) is 0 Å². The van der Waals surface area contributed by atoms with Gasteiger partial charge in [0.05, 0.1) is 0 Å². The van der Waals surface area contributed by atoms with Crippen molar-refractivity contribution in [3.63, 3.8) is 0 Å². The van der Waals surface area contributed by atoms with Crippen LogP contribution in [0, 0.1) is 5.92 Å². The highest BCUT2D eigenvalue weighted by atomic mass is 14.2. The molecule has 0 fully saturated rings. The van der Waals surface area contributed by atoms with Crippen molar-refractivity contribution < 1.29 is 0 Å². The van der Waals surface area contributed by atoms with Crippen LogP contribution < -0.4 is 0 Å². The Morgan fingerprint density at radius 2 is 1.39 bits per heavy atom. The van der Waals surface area contributed by atoms with Crippen LogP contribution in [-0.2, 0) is 0 Å². The molecule has 0 aromatic rings. The van der Waals surface area contributed by atoms with Crippen LogP contribution in [0.3, 0.4) is 0 Å². The predicted octanol–water partition coefficient (Wildman–Crippen LogP) is 6.66. The summed E-state index contributed by atoms with van der Waals surface area (Å²) in [4.78, 5) is 0. The Balaban J connectivity index is 4.17. The summed E-state index contributed by atoms with van der Waals surface area (Å²) in [5, 5.41) is 0. The summed E-state index contributed by atoms with van der Waals surface area (Å²) >= 11 is 0. The lowest BCUT2D eigenvalue weighted by Crippen LogP contribution is -2.04. The molecule has 0 radical (unpaired) electrons. The molecule has 18 heavy (non-hydrogen) atoms. The Bertz CT molecular complexity index is 220. The van der Waals surface area contributed by atoms with Gasteiger partial charge in [0, 0.05) is 0 Å². The van der Waals surface area contributed by atoms with E-state index < -0.39 is 0 Å². The summed E-state index contributed by atoms with van der Waals surface area (Å²) in [7, 11) is 0. The molecule has 0 amide bonds. The number of hydrogen-bond acceptors (Lipinski definition) is 0. The van der Waals surface area contributed by atoms with Crippen molar-refractivity contribution in [3.05, 3.63) is 17.9 Å². The molecule has 0 aromatic carbocycles. The number of rotatable bonds is 12. The second kappa shape index (κ2) is 13.0. The van der Waals surface area contributed by atoms with Gasteiger partial charge in [0.2, 0.25) is 0 Å². The van der Waals surface area contributed by atoms with Crippen LogP contribution in [0.15, 0.2) is 17.9 Å². The van der Waals surface area contributed by atoms with Gasteiger partial charge in [0.15, 0.2) is 0 Å². The van der Waals surface area contributed by atoms with Crippen LogP contribution in [0.4, 0.5) is 0 Å². The van der Waals surface area contributed by atoms with Crippen LogP contribution >= 0.6 is 0 Å². The smallest absolute Gasteiger partial charge is 0.0127 e. The standard InChI is InChI=1S/C18H34/c1-5-9-11-13-16-18(15-12-10-6-2)17(8-4)14-7-3/h18H,4-7,9-16H2,1-3H3. The molecule has 1 unspecified atom stereocenters. The van der Waals surface area contributed by atoms with Gasteiger partial charge in [-0.1, -0.05) is 78.7 Å². The van der Waals surface area contributed by atoms with E-state index in [1.165, 1.54) is 76.2 Å². The van der Waals surface area contributed by atoms with Gasteiger partial charge < -0.3 is 0 Å². The minimum Gasteiger partial charge on any atom is -0.129 e. The summed E-state index contributed by atoms with van der Waals surface area (Å²) < 4.78 is 0. The topological polar surface area (TPSA) is 0 Å². The maximum Gasteiger partial charge on any atom is -0.0127 e. The lowest BCUT2D eigenvalue weighted by atomic mass is 9.86. The monoisotopic (exact) mass is 250 g/mol. The third kappa shape index (κ3) is 8.59. The van der Waals surface area contributed by atoms with Gasteiger partial charge in [-0.3, -0.25) is 0 Å². The van der Waals surface area contributed by atoms with Crippen LogP contribution in [0.1, 0.15) is 91.4 Å². The lowest BCUT2D eigenvalue weighted by Gasteiger charge is -2.19. The molecular formula is C18H34. The Hall–Kier alpha value is -0.480. The molecule has 0 heteroatoms. The quantitative estimate of drug-likeness (QED) is 0.268. The van der Waals surface area contributed by atoms with Crippen molar-refractivity contribution in [2.75, 3.05) is 0 Å². The summed E-state index contributed by atoms with van der Waals surface area (Å²) in [5.41, 5.74) is 4.74. The highest BCUT2D eigenvalue weighted by molar-refractivity contribution is 5.04. The maximum absolute atomic E-state index is 3.91. The zero-order valence-electron chi connectivity index (χ0n) is 13.1. The second-order valence-corrected chi connectivity index (χ2v) is 5.49. The van der Waals surface area contributed by atoms with E-state index in [1.807, 2.05) is 0 Å². The normalized spacial score (nSPS) is 12.2. The van der Waals surface area contributed by atoms with E-state index in [4.69, 9.17) is 0 Å². The molecule has 0 aliphatic heterocycles. The van der Waals surface area contributed by atoms with Crippen molar-refractivity contribution in [1.29, 1.82) is 0 Å². The fraction of sp³-hybridized carbons (Fsp3) is 0.833. The van der Waals surface area contributed by atoms with E-state index >= 15 is 0 Å². The highest BCUT2D eigenvalue weighted by Crippen LogP contribution is 2.27. The molecule has 0 nitrogen and oxygen atoms in total. The average molecular weight is 250 g/mol. The summed E-state index contributed by atoms with van der Waals surface area (Å²) in [6, 6.07) is 0. The number of unbranched alkanes of at least 4 members (excludes halogenated alkanes) is 5. The van der Waals surface area contributed by atoms with Gasteiger partial charge in [0.1, 0.15) is 0 Å². The first-order valence-electron chi connectivity index (χ1n) is 8.18. The minimum atomic E-state index is 0.769. The number of hydrogen-bond donors (Lipinski definition) is 0. The van der Waals surface area contributed by atoms with E-state index in [9.17, 15) is 0 Å². The SMILES string of the molecule is C=C=C(CCC)C(CCCCC)CCCCCC. The maximum atomic E-state index is 3.91. The zero-order valence-corrected chi connectivity index (χ0v) is 13.1. The Morgan fingerprint density at radius 3 is 1.89 bits per heavy atom. The summed E-state index contributed by atoms with van der Waals surface area (Å²) in [6.07, 6.45) is 14.7. The fourth-order valence-electron chi connectivity index (χ4n) is 2.66. The Morgan fingerprint density at radius 1 is 0.833 bits per heavy atom. The van der Waals surface area contributed by atoms with Gasteiger partial charge in [-0.2, -0.15) is 0 Å². The zero-order chi connectivity index (χ0) is 13.6. The molecule has 0 aromatic heterocycles. The van der Waals surface area contributed by atoms with Gasteiger partial charge in [-0.25, -0.2) is 0 Å². The first-order valence-corrected chi connectivity index (χ1v) is 8.18. The predicted molar refractivity (Wildman–Crippen MR) is 84.0 cm³/mol. The molecule has 0 heterocycles. The van der Waals surface area contributed by atoms with Gasteiger partial charge in [-0.15, -0.1) is 5.73 Å². The fourth-order valence-corrected chi connectivity index (χ4v) is 2.66. The third-order valence-electron chi connectivity index (χ3n) is 3.80. The van der Waals surface area contributed by atoms with Crippen molar-refractivity contribution in [2.45, 2.75) is 91.4 Å². The van der Waals surface area contributed by atoms with Gasteiger partial charge in [0.25, 0.3) is 0 Å². The molecule has 0 aliphatic carbocycles. The van der Waals surface area contributed by atoms with Crippen LogP contribution in [0.5, 0.6) is 0 Å². The highest BCUT2D eigenvalue weighted by Gasteiger charge is 2.12. The third-order valence-corrected chi connectivity index (χ3v) is 3.80.